The van der Waals surface area contributed by atoms with Gasteiger partial charge in [0.2, 0.25) is 0 Å². The topological polar surface area (TPSA) is 68.3 Å². The minimum absolute atomic E-state index is 0.152. The zero-order chi connectivity index (χ0) is 15.9. The average molecular weight is 319 g/mol. The molecule has 0 aliphatic rings. The molecule has 1 aromatic carbocycles. The van der Waals surface area contributed by atoms with Crippen LogP contribution in [0.1, 0.15) is 22.8 Å². The molecule has 114 valence electrons. The minimum atomic E-state index is -0.337. The van der Waals surface area contributed by atoms with Crippen molar-refractivity contribution in [2.75, 3.05) is 11.9 Å². The smallest absolute Gasteiger partial charge is 0.310 e. The van der Waals surface area contributed by atoms with Crippen molar-refractivity contribution in [2.24, 2.45) is 0 Å². The third-order valence-electron chi connectivity index (χ3n) is 2.87. The van der Waals surface area contributed by atoms with Crippen molar-refractivity contribution in [3.63, 3.8) is 0 Å². The number of rotatable bonds is 5. The van der Waals surface area contributed by atoms with Crippen LogP contribution in [0.4, 0.5) is 5.69 Å². The second kappa shape index (κ2) is 7.56. The fraction of sp³-hybridized carbons (Fsp3) is 0.188. The van der Waals surface area contributed by atoms with Gasteiger partial charge in [0, 0.05) is 11.9 Å². The van der Waals surface area contributed by atoms with Gasteiger partial charge < -0.3 is 10.1 Å². The second-order valence-corrected chi connectivity index (χ2v) is 4.83. The van der Waals surface area contributed by atoms with Gasteiger partial charge >= 0.3 is 5.97 Å². The Labute approximate surface area is 133 Å². The SMILES string of the molecule is CCOC(=O)Cc1ccc(NC(=O)c2cccnc2Cl)cc1. The highest BCUT2D eigenvalue weighted by atomic mass is 35.5. The first-order chi connectivity index (χ1) is 10.6. The fourth-order valence-electron chi connectivity index (χ4n) is 1.84. The van der Waals surface area contributed by atoms with Crippen LogP contribution in [0.2, 0.25) is 5.15 Å². The van der Waals surface area contributed by atoms with Crippen LogP contribution in [0.3, 0.4) is 0 Å². The monoisotopic (exact) mass is 318 g/mol. The Morgan fingerprint density at radius 1 is 1.23 bits per heavy atom. The van der Waals surface area contributed by atoms with Crippen LogP contribution < -0.4 is 5.32 Å². The molecule has 1 aromatic heterocycles. The maximum atomic E-state index is 12.1. The number of nitrogens with one attached hydrogen (secondary N) is 1. The van der Waals surface area contributed by atoms with Crippen molar-refractivity contribution in [1.82, 2.24) is 4.98 Å². The molecule has 1 heterocycles. The van der Waals surface area contributed by atoms with E-state index in [9.17, 15) is 9.59 Å². The summed E-state index contributed by atoms with van der Waals surface area (Å²) >= 11 is 5.87. The molecule has 22 heavy (non-hydrogen) atoms. The Morgan fingerprint density at radius 2 is 1.95 bits per heavy atom. The van der Waals surface area contributed by atoms with Gasteiger partial charge in [-0.15, -0.1) is 0 Å². The third-order valence-corrected chi connectivity index (χ3v) is 3.17. The number of nitrogens with zero attached hydrogens (tertiary/aromatic N) is 1. The first-order valence-corrected chi connectivity index (χ1v) is 7.14. The van der Waals surface area contributed by atoms with Crippen LogP contribution >= 0.6 is 11.6 Å². The number of aromatic nitrogens is 1. The van der Waals surface area contributed by atoms with Crippen molar-refractivity contribution in [3.8, 4) is 0 Å². The highest BCUT2D eigenvalue weighted by Crippen LogP contribution is 2.15. The number of halogens is 1. The van der Waals surface area contributed by atoms with Gasteiger partial charge in [-0.2, -0.15) is 0 Å². The van der Waals surface area contributed by atoms with Gasteiger partial charge in [0.1, 0.15) is 5.15 Å². The molecule has 2 aromatic rings. The summed E-state index contributed by atoms with van der Waals surface area (Å²) in [4.78, 5) is 27.3. The number of ether oxygens (including phenoxy) is 1. The minimum Gasteiger partial charge on any atom is -0.466 e. The summed E-state index contributed by atoms with van der Waals surface area (Å²) in [5, 5.41) is 2.88. The Hall–Kier alpha value is -2.40. The van der Waals surface area contributed by atoms with E-state index in [-0.39, 0.29) is 23.5 Å². The Balaban J connectivity index is 2.01. The molecule has 0 unspecified atom stereocenters. The van der Waals surface area contributed by atoms with Crippen molar-refractivity contribution in [1.29, 1.82) is 0 Å². The van der Waals surface area contributed by atoms with Crippen molar-refractivity contribution in [3.05, 3.63) is 58.9 Å². The van der Waals surface area contributed by atoms with E-state index in [4.69, 9.17) is 16.3 Å². The highest BCUT2D eigenvalue weighted by Gasteiger charge is 2.11. The van der Waals surface area contributed by atoms with Crippen molar-refractivity contribution in [2.45, 2.75) is 13.3 Å². The van der Waals surface area contributed by atoms with E-state index in [2.05, 4.69) is 10.3 Å². The maximum Gasteiger partial charge on any atom is 0.310 e. The molecule has 0 aliphatic carbocycles. The average Bonchev–Trinajstić information content (AvgIpc) is 2.50. The van der Waals surface area contributed by atoms with Crippen LogP contribution in [0.25, 0.3) is 0 Å². The Kier molecular flexibility index (Phi) is 5.49. The molecule has 6 heteroatoms. The van der Waals surface area contributed by atoms with Gasteiger partial charge in [-0.05, 0) is 36.8 Å². The lowest BCUT2D eigenvalue weighted by molar-refractivity contribution is -0.142. The van der Waals surface area contributed by atoms with Crippen molar-refractivity contribution >= 4 is 29.2 Å². The van der Waals surface area contributed by atoms with Gasteiger partial charge in [-0.25, -0.2) is 4.98 Å². The summed E-state index contributed by atoms with van der Waals surface area (Å²) in [6.45, 7) is 2.12. The molecule has 0 bridgehead atoms. The summed E-state index contributed by atoms with van der Waals surface area (Å²) in [6, 6.07) is 10.2. The van der Waals surface area contributed by atoms with Gasteiger partial charge in [0.25, 0.3) is 5.91 Å². The number of amides is 1. The number of carbonyl (C=O) groups is 2. The van der Waals surface area contributed by atoms with E-state index >= 15 is 0 Å². The number of hydrogen-bond donors (Lipinski definition) is 1. The van der Waals surface area contributed by atoms with E-state index in [0.29, 0.717) is 17.9 Å². The standard InChI is InChI=1S/C16H15ClN2O3/c1-2-22-14(20)10-11-5-7-12(8-6-11)19-16(21)13-4-3-9-18-15(13)17/h3-9H,2,10H2,1H3,(H,19,21). The highest BCUT2D eigenvalue weighted by molar-refractivity contribution is 6.33. The predicted octanol–water partition coefficient (Wildman–Crippen LogP) is 3.09. The van der Waals surface area contributed by atoms with Crippen molar-refractivity contribution < 1.29 is 14.3 Å². The van der Waals surface area contributed by atoms with Gasteiger partial charge in [0.05, 0.1) is 18.6 Å². The van der Waals surface area contributed by atoms with E-state index in [1.54, 1.807) is 43.3 Å². The molecule has 0 aliphatic heterocycles. The molecule has 0 saturated heterocycles. The zero-order valence-corrected chi connectivity index (χ0v) is 12.8. The molecule has 2 rings (SSSR count). The van der Waals surface area contributed by atoms with E-state index in [1.807, 2.05) is 0 Å². The summed E-state index contributed by atoms with van der Waals surface area (Å²) < 4.78 is 4.88. The molecule has 1 N–H and O–H groups in total. The van der Waals surface area contributed by atoms with E-state index < -0.39 is 0 Å². The van der Waals surface area contributed by atoms with Gasteiger partial charge in [-0.3, -0.25) is 9.59 Å². The molecular weight excluding hydrogens is 304 g/mol. The van der Waals surface area contributed by atoms with Crippen LogP contribution in [0.5, 0.6) is 0 Å². The lowest BCUT2D eigenvalue weighted by Crippen LogP contribution is -2.13. The van der Waals surface area contributed by atoms with Gasteiger partial charge in [-0.1, -0.05) is 23.7 Å². The number of hydrogen-bond acceptors (Lipinski definition) is 4. The van der Waals surface area contributed by atoms with Crippen LogP contribution in [0.15, 0.2) is 42.6 Å². The second-order valence-electron chi connectivity index (χ2n) is 4.47. The summed E-state index contributed by atoms with van der Waals surface area (Å²) in [6.07, 6.45) is 1.72. The van der Waals surface area contributed by atoms with Crippen LogP contribution in [-0.2, 0) is 16.0 Å². The van der Waals surface area contributed by atoms with Gasteiger partial charge in [0.15, 0.2) is 0 Å². The summed E-state index contributed by atoms with van der Waals surface area (Å²) in [5.74, 6) is -0.613. The van der Waals surface area contributed by atoms with Crippen LogP contribution in [-0.4, -0.2) is 23.5 Å². The molecule has 0 fully saturated rings. The largest absolute Gasteiger partial charge is 0.466 e. The number of pyridine rings is 1. The number of anilines is 1. The number of benzene rings is 1. The molecule has 0 radical (unpaired) electrons. The zero-order valence-electron chi connectivity index (χ0n) is 12.0. The molecular formula is C16H15ClN2O3. The molecule has 0 spiro atoms. The number of carbonyl (C=O) groups excluding carboxylic acids is 2. The first-order valence-electron chi connectivity index (χ1n) is 6.76. The Bertz CT molecular complexity index is 671. The molecule has 0 saturated carbocycles. The number of esters is 1. The quantitative estimate of drug-likeness (QED) is 0.679. The molecule has 0 atom stereocenters. The van der Waals surface area contributed by atoms with E-state index in [1.165, 1.54) is 6.20 Å². The molecule has 1 amide bonds. The predicted molar refractivity (Wildman–Crippen MR) is 84.0 cm³/mol. The van der Waals surface area contributed by atoms with Crippen LogP contribution in [0, 0.1) is 0 Å². The first kappa shape index (κ1) is 16.0. The lowest BCUT2D eigenvalue weighted by Gasteiger charge is -2.07. The summed E-state index contributed by atoms with van der Waals surface area (Å²) in [7, 11) is 0. The molecule has 5 nitrogen and oxygen atoms in total. The van der Waals surface area contributed by atoms with E-state index in [0.717, 1.165) is 5.56 Å². The summed E-state index contributed by atoms with van der Waals surface area (Å²) in [5.41, 5.74) is 1.73. The fourth-order valence-corrected chi connectivity index (χ4v) is 2.04. The lowest BCUT2D eigenvalue weighted by atomic mass is 10.1. The third kappa shape index (κ3) is 4.30. The normalized spacial score (nSPS) is 10.1. The Morgan fingerprint density at radius 3 is 2.59 bits per heavy atom. The maximum absolute atomic E-state index is 12.1.